The van der Waals surface area contributed by atoms with E-state index < -0.39 is 0 Å². The molecule has 0 radical (unpaired) electrons. The zero-order chi connectivity index (χ0) is 8.43. The van der Waals surface area contributed by atoms with Gasteiger partial charge >= 0.3 is 0 Å². The van der Waals surface area contributed by atoms with E-state index in [1.807, 2.05) is 0 Å². The van der Waals surface area contributed by atoms with Gasteiger partial charge in [0.05, 0.1) is 10.9 Å². The van der Waals surface area contributed by atoms with Crippen molar-refractivity contribution in [3.63, 3.8) is 0 Å². The molecule has 0 aliphatic rings. The minimum Gasteiger partial charge on any atom is -0.453 e. The van der Waals surface area contributed by atoms with Crippen molar-refractivity contribution in [1.29, 1.82) is 0 Å². The fourth-order valence-electron chi connectivity index (χ4n) is 0.724. The summed E-state index contributed by atoms with van der Waals surface area (Å²) < 4.78 is 6.65. The summed E-state index contributed by atoms with van der Waals surface area (Å²) in [6, 6.07) is 1.78. The van der Waals surface area contributed by atoms with Crippen molar-refractivity contribution >= 4 is 37.6 Å². The Hall–Kier alpha value is -0.0900. The third-order valence-electron chi connectivity index (χ3n) is 1.12. The Morgan fingerprint density at radius 1 is 1.64 bits per heavy atom. The van der Waals surface area contributed by atoms with Gasteiger partial charge in [-0.1, -0.05) is 0 Å². The number of halogens is 2. The fourth-order valence-corrected chi connectivity index (χ4v) is 1.38. The third-order valence-corrected chi connectivity index (χ3v) is 2.83. The molecule has 0 bridgehead atoms. The minimum atomic E-state index is 0.0961. The maximum atomic E-state index is 10.6. The maximum absolute atomic E-state index is 10.6. The van der Waals surface area contributed by atoms with Crippen LogP contribution in [0.3, 0.4) is 0 Å². The van der Waals surface area contributed by atoms with E-state index in [2.05, 4.69) is 31.9 Å². The first-order valence-corrected chi connectivity index (χ1v) is 4.61. The van der Waals surface area contributed by atoms with Crippen LogP contribution in [-0.4, -0.2) is 5.78 Å². The van der Waals surface area contributed by atoms with E-state index in [0.29, 0.717) is 16.9 Å². The number of carbonyl (C=O) groups is 1. The second-order valence-corrected chi connectivity index (χ2v) is 3.79. The van der Waals surface area contributed by atoms with Crippen molar-refractivity contribution in [1.82, 2.24) is 0 Å². The summed E-state index contributed by atoms with van der Waals surface area (Å²) >= 11 is 6.44. The molecule has 0 aromatic carbocycles. The molecular formula is C7H6Br2O2. The largest absolute Gasteiger partial charge is 0.453 e. The second-order valence-electron chi connectivity index (χ2n) is 2.21. The molecule has 1 aromatic rings. The number of hydrogen-bond acceptors (Lipinski definition) is 2. The van der Waals surface area contributed by atoms with Gasteiger partial charge in [-0.15, -0.1) is 0 Å². The van der Waals surface area contributed by atoms with Gasteiger partial charge in [0.15, 0.2) is 4.67 Å². The molecule has 0 amide bonds. The zero-order valence-electron chi connectivity index (χ0n) is 5.86. The van der Waals surface area contributed by atoms with Gasteiger partial charge in [-0.3, -0.25) is 4.79 Å². The van der Waals surface area contributed by atoms with Crippen LogP contribution < -0.4 is 0 Å². The highest BCUT2D eigenvalue weighted by Crippen LogP contribution is 2.26. The fraction of sp³-hybridized carbons (Fsp3) is 0.286. The Bertz CT molecular complexity index is 258. The minimum absolute atomic E-state index is 0.0961. The molecular weight excluding hydrogens is 276 g/mol. The summed E-state index contributed by atoms with van der Waals surface area (Å²) in [6.45, 7) is 1.53. The molecule has 0 aliphatic carbocycles. The van der Waals surface area contributed by atoms with Crippen LogP contribution >= 0.6 is 31.9 Å². The van der Waals surface area contributed by atoms with E-state index in [1.165, 1.54) is 6.92 Å². The Morgan fingerprint density at radius 3 is 2.64 bits per heavy atom. The van der Waals surface area contributed by atoms with Crippen molar-refractivity contribution in [2.75, 3.05) is 0 Å². The molecule has 4 heteroatoms. The SMILES string of the molecule is CC(=O)Cc1cc(Br)c(Br)o1. The van der Waals surface area contributed by atoms with E-state index in [0.717, 1.165) is 4.47 Å². The Balaban J connectivity index is 2.81. The topological polar surface area (TPSA) is 30.2 Å². The van der Waals surface area contributed by atoms with Gasteiger partial charge in [0, 0.05) is 0 Å². The summed E-state index contributed by atoms with van der Waals surface area (Å²) in [5.41, 5.74) is 0. The summed E-state index contributed by atoms with van der Waals surface area (Å²) in [5, 5.41) is 0. The molecule has 0 aliphatic heterocycles. The quantitative estimate of drug-likeness (QED) is 0.834. The normalized spacial score (nSPS) is 10.1. The van der Waals surface area contributed by atoms with Crippen molar-refractivity contribution < 1.29 is 9.21 Å². The van der Waals surface area contributed by atoms with Crippen LogP contribution in [0.5, 0.6) is 0 Å². The highest BCUT2D eigenvalue weighted by atomic mass is 79.9. The van der Waals surface area contributed by atoms with E-state index in [4.69, 9.17) is 4.42 Å². The third kappa shape index (κ3) is 2.45. The zero-order valence-corrected chi connectivity index (χ0v) is 9.03. The second kappa shape index (κ2) is 3.54. The Morgan fingerprint density at radius 2 is 2.27 bits per heavy atom. The number of ketones is 1. The standard InChI is InChI=1S/C7H6Br2O2/c1-4(10)2-5-3-6(8)7(9)11-5/h3H,2H2,1H3. The molecule has 11 heavy (non-hydrogen) atoms. The van der Waals surface area contributed by atoms with Crippen LogP contribution in [0.25, 0.3) is 0 Å². The van der Waals surface area contributed by atoms with Gasteiger partial charge in [0.2, 0.25) is 0 Å². The lowest BCUT2D eigenvalue weighted by atomic mass is 10.2. The van der Waals surface area contributed by atoms with Gasteiger partial charge in [-0.25, -0.2) is 0 Å². The predicted molar refractivity (Wildman–Crippen MR) is 48.5 cm³/mol. The first-order valence-electron chi connectivity index (χ1n) is 3.02. The van der Waals surface area contributed by atoms with E-state index in [9.17, 15) is 4.79 Å². The first-order chi connectivity index (χ1) is 5.09. The number of Topliss-reactive ketones (excluding diaryl/α,β-unsaturated/α-hetero) is 1. The molecule has 1 heterocycles. The molecule has 0 saturated carbocycles. The van der Waals surface area contributed by atoms with Crippen molar-refractivity contribution in [2.45, 2.75) is 13.3 Å². The maximum Gasteiger partial charge on any atom is 0.183 e. The number of carbonyl (C=O) groups excluding carboxylic acids is 1. The molecule has 0 unspecified atom stereocenters. The summed E-state index contributed by atoms with van der Waals surface area (Å²) in [4.78, 5) is 10.6. The van der Waals surface area contributed by atoms with Crippen molar-refractivity contribution in [2.24, 2.45) is 0 Å². The molecule has 2 nitrogen and oxygen atoms in total. The summed E-state index contributed by atoms with van der Waals surface area (Å²) in [5.74, 6) is 0.773. The molecule has 0 N–H and O–H groups in total. The summed E-state index contributed by atoms with van der Waals surface area (Å²) in [6.07, 6.45) is 0.351. The van der Waals surface area contributed by atoms with Crippen molar-refractivity contribution in [3.05, 3.63) is 21.0 Å². The first kappa shape index (κ1) is 9.00. The van der Waals surface area contributed by atoms with Crippen LogP contribution in [-0.2, 0) is 11.2 Å². The van der Waals surface area contributed by atoms with Gasteiger partial charge in [0.25, 0.3) is 0 Å². The van der Waals surface area contributed by atoms with Gasteiger partial charge in [0.1, 0.15) is 11.5 Å². The van der Waals surface area contributed by atoms with E-state index >= 15 is 0 Å². The highest BCUT2D eigenvalue weighted by molar-refractivity contribution is 9.13. The predicted octanol–water partition coefficient (Wildman–Crippen LogP) is 2.94. The number of rotatable bonds is 2. The molecule has 0 saturated heterocycles. The van der Waals surface area contributed by atoms with Crippen LogP contribution in [0.1, 0.15) is 12.7 Å². The Kier molecular flexibility index (Phi) is 2.90. The molecule has 0 fully saturated rings. The lowest BCUT2D eigenvalue weighted by molar-refractivity contribution is -0.116. The van der Waals surface area contributed by atoms with E-state index in [-0.39, 0.29) is 5.78 Å². The Labute approximate surface area is 81.2 Å². The molecule has 1 aromatic heterocycles. The average molecular weight is 282 g/mol. The van der Waals surface area contributed by atoms with Crippen LogP contribution in [0.15, 0.2) is 19.6 Å². The van der Waals surface area contributed by atoms with E-state index in [1.54, 1.807) is 6.07 Å². The van der Waals surface area contributed by atoms with Gasteiger partial charge < -0.3 is 4.42 Å². The average Bonchev–Trinajstić information content (AvgIpc) is 2.10. The van der Waals surface area contributed by atoms with Gasteiger partial charge in [-0.2, -0.15) is 0 Å². The highest BCUT2D eigenvalue weighted by Gasteiger charge is 2.06. The van der Waals surface area contributed by atoms with Gasteiger partial charge in [-0.05, 0) is 44.8 Å². The lowest BCUT2D eigenvalue weighted by Crippen LogP contribution is -1.93. The summed E-state index contributed by atoms with van der Waals surface area (Å²) in [7, 11) is 0. The van der Waals surface area contributed by atoms with Crippen LogP contribution in [0.4, 0.5) is 0 Å². The molecule has 0 spiro atoms. The van der Waals surface area contributed by atoms with Crippen LogP contribution in [0, 0.1) is 0 Å². The molecule has 1 rings (SSSR count). The molecule has 0 atom stereocenters. The van der Waals surface area contributed by atoms with Crippen LogP contribution in [0.2, 0.25) is 0 Å². The number of furan rings is 1. The lowest BCUT2D eigenvalue weighted by Gasteiger charge is -1.87. The molecule has 60 valence electrons. The van der Waals surface area contributed by atoms with Crippen molar-refractivity contribution in [3.8, 4) is 0 Å². The monoisotopic (exact) mass is 280 g/mol. The number of hydrogen-bond donors (Lipinski definition) is 0. The smallest absolute Gasteiger partial charge is 0.183 e.